The number of nitrogens with zero attached hydrogens (tertiary/aromatic N) is 1. The number of rotatable bonds is 5. The van der Waals surface area contributed by atoms with Crippen molar-refractivity contribution >= 4 is 5.91 Å². The molecular weight excluding hydrogens is 242 g/mol. The van der Waals surface area contributed by atoms with E-state index >= 15 is 0 Å². The maximum atomic E-state index is 11.7. The van der Waals surface area contributed by atoms with Gasteiger partial charge < -0.3 is 15.8 Å². The van der Waals surface area contributed by atoms with Gasteiger partial charge in [0.05, 0.1) is 5.54 Å². The smallest absolute Gasteiger partial charge is 0.270 e. The monoisotopic (exact) mass is 263 g/mol. The third-order valence-corrected chi connectivity index (χ3v) is 3.43. The van der Waals surface area contributed by atoms with Crippen molar-refractivity contribution in [2.24, 2.45) is 5.73 Å². The van der Waals surface area contributed by atoms with Gasteiger partial charge in [0.25, 0.3) is 5.91 Å². The van der Waals surface area contributed by atoms with Crippen molar-refractivity contribution in [1.82, 2.24) is 10.3 Å². The Morgan fingerprint density at radius 2 is 2.26 bits per heavy atom. The Morgan fingerprint density at radius 1 is 1.53 bits per heavy atom. The molecule has 0 atom stereocenters. The molecule has 3 N–H and O–H groups in total. The quantitative estimate of drug-likeness (QED) is 0.843. The summed E-state index contributed by atoms with van der Waals surface area (Å²) in [5, 5.41) is 2.71. The number of carbonyl (C=O) groups is 1. The number of aromatic nitrogens is 1. The molecule has 1 amide bonds. The number of pyridine rings is 1. The molecule has 1 saturated carbocycles. The van der Waals surface area contributed by atoms with Crippen molar-refractivity contribution in [3.05, 3.63) is 24.0 Å². The second-order valence-electron chi connectivity index (χ2n) is 5.09. The van der Waals surface area contributed by atoms with Gasteiger partial charge in [-0.3, -0.25) is 9.78 Å². The number of carbonyl (C=O) groups excluding carboxylic acids is 1. The van der Waals surface area contributed by atoms with Crippen molar-refractivity contribution in [1.29, 1.82) is 0 Å². The summed E-state index contributed by atoms with van der Waals surface area (Å²) in [6.07, 6.45) is 5.92. The van der Waals surface area contributed by atoms with Crippen LogP contribution in [0.4, 0.5) is 0 Å². The predicted molar refractivity (Wildman–Crippen MR) is 73.1 cm³/mol. The number of nitrogens with two attached hydrogens (primary N) is 1. The zero-order valence-corrected chi connectivity index (χ0v) is 11.3. The average Bonchev–Trinajstić information content (AvgIpc) is 2.85. The second-order valence-corrected chi connectivity index (χ2v) is 5.09. The van der Waals surface area contributed by atoms with E-state index in [-0.39, 0.29) is 11.4 Å². The molecule has 0 saturated heterocycles. The maximum Gasteiger partial charge on any atom is 0.270 e. The van der Waals surface area contributed by atoms with Crippen molar-refractivity contribution in [2.45, 2.75) is 38.1 Å². The summed E-state index contributed by atoms with van der Waals surface area (Å²) in [6, 6.07) is 3.41. The number of hydrogen-bond acceptors (Lipinski definition) is 4. The van der Waals surface area contributed by atoms with E-state index in [9.17, 15) is 4.79 Å². The molecule has 1 aromatic rings. The van der Waals surface area contributed by atoms with Crippen LogP contribution in [0.5, 0.6) is 5.75 Å². The number of ether oxygens (including phenoxy) is 1. The van der Waals surface area contributed by atoms with Gasteiger partial charge in [-0.2, -0.15) is 0 Å². The zero-order valence-electron chi connectivity index (χ0n) is 11.3. The number of hydrogen-bond donors (Lipinski definition) is 2. The summed E-state index contributed by atoms with van der Waals surface area (Å²) < 4.78 is 5.72. The summed E-state index contributed by atoms with van der Waals surface area (Å²) in [5.74, 6) is 0.462. The van der Waals surface area contributed by atoms with Crippen LogP contribution in [-0.2, 0) is 0 Å². The standard InChI is InChI=1S/C14H21N3O2/c1-2-16-13(18)12-9-11(5-8-17-12)19-10-14(15)6-3-4-7-14/h5,8-9H,2-4,6-7,10,15H2,1H3,(H,16,18). The van der Waals surface area contributed by atoms with E-state index in [0.717, 1.165) is 12.8 Å². The van der Waals surface area contributed by atoms with Crippen LogP contribution in [0.3, 0.4) is 0 Å². The van der Waals surface area contributed by atoms with Gasteiger partial charge >= 0.3 is 0 Å². The molecule has 1 heterocycles. The van der Waals surface area contributed by atoms with E-state index < -0.39 is 0 Å². The highest BCUT2D eigenvalue weighted by Crippen LogP contribution is 2.27. The van der Waals surface area contributed by atoms with Gasteiger partial charge in [0.1, 0.15) is 18.1 Å². The highest BCUT2D eigenvalue weighted by Gasteiger charge is 2.30. The average molecular weight is 263 g/mol. The lowest BCUT2D eigenvalue weighted by Crippen LogP contribution is -2.42. The van der Waals surface area contributed by atoms with Crippen LogP contribution in [-0.4, -0.2) is 29.6 Å². The molecule has 0 aromatic carbocycles. The molecule has 0 radical (unpaired) electrons. The van der Waals surface area contributed by atoms with E-state index in [0.29, 0.717) is 24.6 Å². The van der Waals surface area contributed by atoms with Gasteiger partial charge in [-0.15, -0.1) is 0 Å². The molecule has 1 fully saturated rings. The summed E-state index contributed by atoms with van der Waals surface area (Å²) in [6.45, 7) is 2.94. The molecule has 0 unspecified atom stereocenters. The van der Waals surface area contributed by atoms with E-state index in [4.69, 9.17) is 10.5 Å². The molecule has 5 heteroatoms. The minimum atomic E-state index is -0.213. The van der Waals surface area contributed by atoms with Gasteiger partial charge in [0, 0.05) is 18.8 Å². The molecular formula is C14H21N3O2. The minimum absolute atomic E-state index is 0.184. The van der Waals surface area contributed by atoms with Crippen molar-refractivity contribution in [3.8, 4) is 5.75 Å². The Balaban J connectivity index is 1.97. The van der Waals surface area contributed by atoms with E-state index in [1.807, 2.05) is 6.92 Å². The first-order valence-electron chi connectivity index (χ1n) is 6.79. The van der Waals surface area contributed by atoms with Gasteiger partial charge in [-0.05, 0) is 25.8 Å². The topological polar surface area (TPSA) is 77.2 Å². The Kier molecular flexibility index (Phi) is 4.37. The van der Waals surface area contributed by atoms with Gasteiger partial charge in [-0.25, -0.2) is 0 Å². The van der Waals surface area contributed by atoms with Crippen LogP contribution in [0.15, 0.2) is 18.3 Å². The fraction of sp³-hybridized carbons (Fsp3) is 0.571. The van der Waals surface area contributed by atoms with Gasteiger partial charge in [0.2, 0.25) is 0 Å². The third kappa shape index (κ3) is 3.67. The summed E-state index contributed by atoms with van der Waals surface area (Å²) in [4.78, 5) is 15.7. The van der Waals surface area contributed by atoms with Gasteiger partial charge in [0.15, 0.2) is 0 Å². The Labute approximate surface area is 113 Å². The summed E-state index contributed by atoms with van der Waals surface area (Å²) >= 11 is 0. The van der Waals surface area contributed by atoms with Crippen LogP contribution in [0.25, 0.3) is 0 Å². The van der Waals surface area contributed by atoms with E-state index in [1.165, 1.54) is 12.8 Å². The molecule has 0 bridgehead atoms. The number of nitrogens with one attached hydrogen (secondary N) is 1. The zero-order chi connectivity index (χ0) is 13.7. The van der Waals surface area contributed by atoms with Crippen LogP contribution in [0.1, 0.15) is 43.1 Å². The highest BCUT2D eigenvalue weighted by atomic mass is 16.5. The minimum Gasteiger partial charge on any atom is -0.492 e. The molecule has 1 aromatic heterocycles. The fourth-order valence-corrected chi connectivity index (χ4v) is 2.33. The first kappa shape index (κ1) is 13.8. The molecule has 2 rings (SSSR count). The second kappa shape index (κ2) is 6.02. The molecule has 104 valence electrons. The van der Waals surface area contributed by atoms with Crippen LogP contribution in [0.2, 0.25) is 0 Å². The normalized spacial score (nSPS) is 17.2. The van der Waals surface area contributed by atoms with Crippen LogP contribution < -0.4 is 15.8 Å². The van der Waals surface area contributed by atoms with Crippen molar-refractivity contribution in [2.75, 3.05) is 13.2 Å². The molecule has 1 aliphatic carbocycles. The van der Waals surface area contributed by atoms with Crippen LogP contribution >= 0.6 is 0 Å². The lowest BCUT2D eigenvalue weighted by Gasteiger charge is -2.23. The molecule has 19 heavy (non-hydrogen) atoms. The highest BCUT2D eigenvalue weighted by molar-refractivity contribution is 5.92. The van der Waals surface area contributed by atoms with Crippen LogP contribution in [0, 0.1) is 0 Å². The Hall–Kier alpha value is -1.62. The van der Waals surface area contributed by atoms with E-state index in [1.54, 1.807) is 18.3 Å². The largest absolute Gasteiger partial charge is 0.492 e. The predicted octanol–water partition coefficient (Wildman–Crippen LogP) is 1.48. The Bertz CT molecular complexity index is 442. The van der Waals surface area contributed by atoms with Crippen molar-refractivity contribution < 1.29 is 9.53 Å². The lowest BCUT2D eigenvalue weighted by atomic mass is 10.0. The van der Waals surface area contributed by atoms with Gasteiger partial charge in [-0.1, -0.05) is 12.8 Å². The molecule has 0 spiro atoms. The lowest BCUT2D eigenvalue weighted by molar-refractivity contribution is 0.0950. The number of amides is 1. The summed E-state index contributed by atoms with van der Waals surface area (Å²) in [7, 11) is 0. The third-order valence-electron chi connectivity index (χ3n) is 3.43. The van der Waals surface area contributed by atoms with E-state index in [2.05, 4.69) is 10.3 Å². The molecule has 5 nitrogen and oxygen atoms in total. The fourth-order valence-electron chi connectivity index (χ4n) is 2.33. The maximum absolute atomic E-state index is 11.7. The SMILES string of the molecule is CCNC(=O)c1cc(OCC2(N)CCCC2)ccn1. The van der Waals surface area contributed by atoms with Crippen molar-refractivity contribution in [3.63, 3.8) is 0 Å². The first-order valence-corrected chi connectivity index (χ1v) is 6.79. The molecule has 1 aliphatic rings. The molecule has 0 aliphatic heterocycles. The Morgan fingerprint density at radius 3 is 2.95 bits per heavy atom. The summed E-state index contributed by atoms with van der Waals surface area (Å²) in [5.41, 5.74) is 6.39. The first-order chi connectivity index (χ1) is 9.13.